The van der Waals surface area contributed by atoms with Crippen LogP contribution in [0.1, 0.15) is 5.56 Å². The van der Waals surface area contributed by atoms with Crippen LogP contribution >= 0.6 is 11.6 Å². The van der Waals surface area contributed by atoms with Gasteiger partial charge in [-0.15, -0.1) is 0 Å². The normalized spacial score (nSPS) is 10.0. The fourth-order valence-electron chi connectivity index (χ4n) is 1.95. The van der Waals surface area contributed by atoms with Crippen LogP contribution in [0.3, 0.4) is 0 Å². The van der Waals surface area contributed by atoms with Crippen LogP contribution < -0.4 is 19.5 Å². The Kier molecular flexibility index (Phi) is 6.11. The molecule has 5 nitrogen and oxygen atoms in total. The summed E-state index contributed by atoms with van der Waals surface area (Å²) in [6.45, 7) is 0.271. The Hall–Kier alpha value is -2.40. The summed E-state index contributed by atoms with van der Waals surface area (Å²) in [6, 6.07) is 12.5. The number of hydrogen-bond donors (Lipinski definition) is 1. The molecule has 2 aromatic carbocycles. The SMILES string of the molecule is COc1cccc(OC)c1OCC(=O)NCc1ccc(Cl)cc1. The summed E-state index contributed by atoms with van der Waals surface area (Å²) in [7, 11) is 3.06. The first-order valence-corrected chi connectivity index (χ1v) is 7.36. The third-order valence-electron chi connectivity index (χ3n) is 3.13. The smallest absolute Gasteiger partial charge is 0.258 e. The van der Waals surface area contributed by atoms with Gasteiger partial charge in [-0.2, -0.15) is 0 Å². The summed E-state index contributed by atoms with van der Waals surface area (Å²) < 4.78 is 16.0. The molecule has 0 unspecified atom stereocenters. The maximum Gasteiger partial charge on any atom is 0.258 e. The van der Waals surface area contributed by atoms with Crippen LogP contribution in [0.4, 0.5) is 0 Å². The molecule has 6 heteroatoms. The first kappa shape index (κ1) is 17.0. The van der Waals surface area contributed by atoms with Crippen LogP contribution in [0.2, 0.25) is 5.02 Å². The van der Waals surface area contributed by atoms with Gasteiger partial charge < -0.3 is 19.5 Å². The van der Waals surface area contributed by atoms with Crippen molar-refractivity contribution in [3.8, 4) is 17.2 Å². The minimum atomic E-state index is -0.243. The molecule has 0 spiro atoms. The van der Waals surface area contributed by atoms with Crippen LogP contribution in [-0.2, 0) is 11.3 Å². The van der Waals surface area contributed by atoms with Gasteiger partial charge >= 0.3 is 0 Å². The number of nitrogens with one attached hydrogen (secondary N) is 1. The van der Waals surface area contributed by atoms with Crippen molar-refractivity contribution in [1.29, 1.82) is 0 Å². The van der Waals surface area contributed by atoms with Gasteiger partial charge in [0, 0.05) is 11.6 Å². The maximum atomic E-state index is 11.9. The second kappa shape index (κ2) is 8.29. The highest BCUT2D eigenvalue weighted by Crippen LogP contribution is 2.36. The molecule has 0 saturated carbocycles. The lowest BCUT2D eigenvalue weighted by atomic mass is 10.2. The third-order valence-corrected chi connectivity index (χ3v) is 3.39. The molecule has 0 bridgehead atoms. The molecule has 0 atom stereocenters. The Morgan fingerprint density at radius 1 is 1.04 bits per heavy atom. The van der Waals surface area contributed by atoms with Crippen molar-refractivity contribution in [2.75, 3.05) is 20.8 Å². The van der Waals surface area contributed by atoms with Gasteiger partial charge in [0.1, 0.15) is 0 Å². The van der Waals surface area contributed by atoms with Crippen LogP contribution in [0.15, 0.2) is 42.5 Å². The van der Waals surface area contributed by atoms with E-state index >= 15 is 0 Å². The highest BCUT2D eigenvalue weighted by molar-refractivity contribution is 6.30. The molecule has 0 fully saturated rings. The number of amides is 1. The number of para-hydroxylation sites is 1. The van der Waals surface area contributed by atoms with E-state index in [2.05, 4.69) is 5.32 Å². The average molecular weight is 336 g/mol. The summed E-state index contributed by atoms with van der Waals surface area (Å²) in [4.78, 5) is 11.9. The van der Waals surface area contributed by atoms with E-state index in [0.717, 1.165) is 5.56 Å². The first-order chi connectivity index (χ1) is 11.1. The molecule has 2 aromatic rings. The number of ether oxygens (including phenoxy) is 3. The number of carbonyl (C=O) groups excluding carboxylic acids is 1. The van der Waals surface area contributed by atoms with E-state index in [4.69, 9.17) is 25.8 Å². The fourth-order valence-corrected chi connectivity index (χ4v) is 2.08. The summed E-state index contributed by atoms with van der Waals surface area (Å²) in [6.07, 6.45) is 0. The zero-order valence-corrected chi connectivity index (χ0v) is 13.7. The molecule has 0 aromatic heterocycles. The topological polar surface area (TPSA) is 56.8 Å². The Balaban J connectivity index is 1.90. The number of hydrogen-bond acceptors (Lipinski definition) is 4. The molecule has 0 radical (unpaired) electrons. The highest BCUT2D eigenvalue weighted by Gasteiger charge is 2.13. The molecule has 1 amide bonds. The van der Waals surface area contributed by atoms with E-state index in [0.29, 0.717) is 28.8 Å². The molecular weight excluding hydrogens is 318 g/mol. The molecule has 0 heterocycles. The summed E-state index contributed by atoms with van der Waals surface area (Å²) >= 11 is 5.82. The van der Waals surface area contributed by atoms with E-state index in [-0.39, 0.29) is 12.5 Å². The zero-order chi connectivity index (χ0) is 16.7. The lowest BCUT2D eigenvalue weighted by molar-refractivity contribution is -0.123. The van der Waals surface area contributed by atoms with Crippen molar-refractivity contribution >= 4 is 17.5 Å². The van der Waals surface area contributed by atoms with Crippen LogP contribution in [-0.4, -0.2) is 26.7 Å². The van der Waals surface area contributed by atoms with Crippen LogP contribution in [0.25, 0.3) is 0 Å². The zero-order valence-electron chi connectivity index (χ0n) is 13.0. The third kappa shape index (κ3) is 4.79. The number of methoxy groups -OCH3 is 2. The van der Waals surface area contributed by atoms with Gasteiger partial charge in [0.25, 0.3) is 5.91 Å². The lowest BCUT2D eigenvalue weighted by Gasteiger charge is -2.14. The molecule has 0 aliphatic heterocycles. The Morgan fingerprint density at radius 3 is 2.22 bits per heavy atom. The number of halogens is 1. The van der Waals surface area contributed by atoms with Crippen molar-refractivity contribution < 1.29 is 19.0 Å². The molecule has 23 heavy (non-hydrogen) atoms. The van der Waals surface area contributed by atoms with Crippen molar-refractivity contribution in [2.45, 2.75) is 6.54 Å². The monoisotopic (exact) mass is 335 g/mol. The predicted octanol–water partition coefficient (Wildman–Crippen LogP) is 3.05. The second-order valence-electron chi connectivity index (χ2n) is 4.68. The highest BCUT2D eigenvalue weighted by atomic mass is 35.5. The molecule has 1 N–H and O–H groups in total. The van der Waals surface area contributed by atoms with E-state index in [9.17, 15) is 4.79 Å². The number of rotatable bonds is 7. The van der Waals surface area contributed by atoms with E-state index in [1.165, 1.54) is 14.2 Å². The van der Waals surface area contributed by atoms with E-state index in [1.807, 2.05) is 12.1 Å². The van der Waals surface area contributed by atoms with Crippen molar-refractivity contribution in [3.05, 3.63) is 53.1 Å². The minimum Gasteiger partial charge on any atom is -0.493 e. The summed E-state index contributed by atoms with van der Waals surface area (Å²) in [5, 5.41) is 3.43. The van der Waals surface area contributed by atoms with Gasteiger partial charge in [-0.05, 0) is 29.8 Å². The molecule has 0 aliphatic carbocycles. The van der Waals surface area contributed by atoms with Crippen molar-refractivity contribution in [2.24, 2.45) is 0 Å². The number of carbonyl (C=O) groups is 1. The standard InChI is InChI=1S/C17H18ClNO4/c1-21-14-4-3-5-15(22-2)17(14)23-11-16(20)19-10-12-6-8-13(18)9-7-12/h3-9H,10-11H2,1-2H3,(H,19,20). The van der Waals surface area contributed by atoms with Crippen molar-refractivity contribution in [3.63, 3.8) is 0 Å². The van der Waals surface area contributed by atoms with Crippen LogP contribution in [0.5, 0.6) is 17.2 Å². The Labute approximate surface area is 140 Å². The molecular formula is C17H18ClNO4. The second-order valence-corrected chi connectivity index (χ2v) is 5.12. The Morgan fingerprint density at radius 2 is 1.65 bits per heavy atom. The minimum absolute atomic E-state index is 0.135. The van der Waals surface area contributed by atoms with Gasteiger partial charge in [-0.1, -0.05) is 29.8 Å². The molecule has 0 aliphatic rings. The molecule has 2 rings (SSSR count). The molecule has 122 valence electrons. The first-order valence-electron chi connectivity index (χ1n) is 6.99. The fraction of sp³-hybridized carbons (Fsp3) is 0.235. The van der Waals surface area contributed by atoms with Gasteiger partial charge in [0.2, 0.25) is 5.75 Å². The van der Waals surface area contributed by atoms with E-state index < -0.39 is 0 Å². The Bertz CT molecular complexity index is 636. The quantitative estimate of drug-likeness (QED) is 0.845. The summed E-state index contributed by atoms with van der Waals surface area (Å²) in [5.41, 5.74) is 0.956. The lowest BCUT2D eigenvalue weighted by Crippen LogP contribution is -2.28. The van der Waals surface area contributed by atoms with E-state index in [1.54, 1.807) is 30.3 Å². The summed E-state index contributed by atoms with van der Waals surface area (Å²) in [5.74, 6) is 1.18. The van der Waals surface area contributed by atoms with Gasteiger partial charge in [0.05, 0.1) is 14.2 Å². The predicted molar refractivity (Wildman–Crippen MR) is 88.3 cm³/mol. The molecule has 0 saturated heterocycles. The van der Waals surface area contributed by atoms with Crippen LogP contribution in [0, 0.1) is 0 Å². The number of benzene rings is 2. The van der Waals surface area contributed by atoms with Gasteiger partial charge in [0.15, 0.2) is 18.1 Å². The average Bonchev–Trinajstić information content (AvgIpc) is 2.59. The van der Waals surface area contributed by atoms with Crippen molar-refractivity contribution in [1.82, 2.24) is 5.32 Å². The van der Waals surface area contributed by atoms with Gasteiger partial charge in [-0.3, -0.25) is 4.79 Å². The van der Waals surface area contributed by atoms with Gasteiger partial charge in [-0.25, -0.2) is 0 Å². The largest absolute Gasteiger partial charge is 0.493 e. The maximum absolute atomic E-state index is 11.9.